The zero-order valence-corrected chi connectivity index (χ0v) is 16.6. The molecule has 3 N–H and O–H groups in total. The third-order valence-electron chi connectivity index (χ3n) is 3.58. The van der Waals surface area contributed by atoms with Gasteiger partial charge >= 0.3 is 0 Å². The van der Waals surface area contributed by atoms with E-state index in [1.165, 1.54) is 18.3 Å². The van der Waals surface area contributed by atoms with Crippen molar-refractivity contribution >= 4 is 63.8 Å². The van der Waals surface area contributed by atoms with Gasteiger partial charge in [-0.3, -0.25) is 9.59 Å². The number of anilines is 1. The number of carbonyl (C=O) groups is 2. The zero-order valence-electron chi connectivity index (χ0n) is 14.2. The van der Waals surface area contributed by atoms with Gasteiger partial charge in [0.1, 0.15) is 11.0 Å². The number of halogens is 2. The number of rotatable bonds is 5. The molecule has 2 amide bonds. The smallest absolute Gasteiger partial charge is 0.240 e. The van der Waals surface area contributed by atoms with Gasteiger partial charge in [0, 0.05) is 11.4 Å². The van der Waals surface area contributed by atoms with Gasteiger partial charge in [0.2, 0.25) is 11.8 Å². The lowest BCUT2D eigenvalue weighted by Gasteiger charge is -2.09. The predicted octanol–water partition coefficient (Wildman–Crippen LogP) is 3.65. The highest BCUT2D eigenvalue weighted by atomic mass is 35.5. The molecule has 1 aliphatic heterocycles. The van der Waals surface area contributed by atoms with Crippen LogP contribution in [-0.4, -0.2) is 33.6 Å². The molecule has 2 aromatic rings. The molecular weight excluding hydrogens is 423 g/mol. The highest BCUT2D eigenvalue weighted by Crippen LogP contribution is 2.27. The van der Waals surface area contributed by atoms with Crippen LogP contribution >= 0.6 is 35.0 Å². The number of amidine groups is 1. The normalized spacial score (nSPS) is 17.9. The fourth-order valence-corrected chi connectivity index (χ4v) is 3.68. The fraction of sp³-hybridized carbons (Fsp3) is 0.111. The lowest BCUT2D eigenvalue weighted by atomic mass is 10.2. The second-order valence-electron chi connectivity index (χ2n) is 5.72. The van der Waals surface area contributed by atoms with Gasteiger partial charge in [-0.2, -0.15) is 5.10 Å². The SMILES string of the molecule is O=C(CC1S/C(=N\N=Cc2cccc(O)c2)NC1=O)Nc1ccc(Cl)cc1Cl. The number of carbonyl (C=O) groups excluding carboxylic acids is 2. The Morgan fingerprint density at radius 3 is 2.86 bits per heavy atom. The molecule has 0 aromatic heterocycles. The molecule has 1 aliphatic rings. The molecule has 28 heavy (non-hydrogen) atoms. The number of amides is 2. The molecule has 7 nitrogen and oxygen atoms in total. The monoisotopic (exact) mass is 436 g/mol. The van der Waals surface area contributed by atoms with Gasteiger partial charge in [0.15, 0.2) is 5.17 Å². The topological polar surface area (TPSA) is 103 Å². The molecule has 1 unspecified atom stereocenters. The van der Waals surface area contributed by atoms with Crippen molar-refractivity contribution in [2.75, 3.05) is 5.32 Å². The quantitative estimate of drug-likeness (QED) is 0.491. The molecule has 10 heteroatoms. The summed E-state index contributed by atoms with van der Waals surface area (Å²) in [6.07, 6.45) is 1.40. The van der Waals surface area contributed by atoms with Crippen LogP contribution in [0.15, 0.2) is 52.7 Å². The van der Waals surface area contributed by atoms with Crippen molar-refractivity contribution < 1.29 is 14.7 Å². The molecular formula is C18H14Cl2N4O3S. The largest absolute Gasteiger partial charge is 0.508 e. The van der Waals surface area contributed by atoms with Crippen LogP contribution in [0.1, 0.15) is 12.0 Å². The Kier molecular flexibility index (Phi) is 6.56. The second kappa shape index (κ2) is 9.09. The van der Waals surface area contributed by atoms with Crippen LogP contribution in [0.5, 0.6) is 5.75 Å². The molecule has 2 aromatic carbocycles. The third-order valence-corrected chi connectivity index (χ3v) is 5.20. The van der Waals surface area contributed by atoms with Gasteiger partial charge in [-0.25, -0.2) is 0 Å². The zero-order chi connectivity index (χ0) is 20.1. The van der Waals surface area contributed by atoms with Gasteiger partial charge in [-0.15, -0.1) is 5.10 Å². The molecule has 1 saturated heterocycles. The number of phenolic OH excluding ortho intramolecular Hbond substituents is 1. The van der Waals surface area contributed by atoms with Crippen LogP contribution in [0.4, 0.5) is 5.69 Å². The van der Waals surface area contributed by atoms with Crippen molar-refractivity contribution in [3.05, 3.63) is 58.1 Å². The molecule has 144 valence electrons. The lowest BCUT2D eigenvalue weighted by molar-refractivity contribution is -0.122. The summed E-state index contributed by atoms with van der Waals surface area (Å²) in [6.45, 7) is 0. The molecule has 3 rings (SSSR count). The van der Waals surface area contributed by atoms with Crippen LogP contribution in [-0.2, 0) is 9.59 Å². The number of nitrogens with one attached hydrogen (secondary N) is 2. The number of thioether (sulfide) groups is 1. The van der Waals surface area contributed by atoms with Crippen molar-refractivity contribution in [3.63, 3.8) is 0 Å². The van der Waals surface area contributed by atoms with Gasteiger partial charge in [-0.05, 0) is 35.9 Å². The van der Waals surface area contributed by atoms with Gasteiger partial charge < -0.3 is 15.7 Å². The van der Waals surface area contributed by atoms with Crippen molar-refractivity contribution in [1.82, 2.24) is 5.32 Å². The molecule has 0 radical (unpaired) electrons. The number of phenols is 1. The molecule has 1 heterocycles. The summed E-state index contributed by atoms with van der Waals surface area (Å²) < 4.78 is 0. The van der Waals surface area contributed by atoms with Crippen LogP contribution in [0.3, 0.4) is 0 Å². The van der Waals surface area contributed by atoms with Gasteiger partial charge in [0.25, 0.3) is 0 Å². The minimum Gasteiger partial charge on any atom is -0.508 e. The number of nitrogens with zero attached hydrogens (tertiary/aromatic N) is 2. The van der Waals surface area contributed by atoms with E-state index >= 15 is 0 Å². The Morgan fingerprint density at radius 2 is 2.11 bits per heavy atom. The van der Waals surface area contributed by atoms with E-state index in [4.69, 9.17) is 23.2 Å². The van der Waals surface area contributed by atoms with E-state index in [0.717, 1.165) is 11.8 Å². The Labute approximate surface area is 174 Å². The van der Waals surface area contributed by atoms with E-state index in [9.17, 15) is 14.7 Å². The Bertz CT molecular complexity index is 981. The maximum Gasteiger partial charge on any atom is 0.240 e. The van der Waals surface area contributed by atoms with Crippen LogP contribution in [0, 0.1) is 0 Å². The van der Waals surface area contributed by atoms with E-state index < -0.39 is 5.25 Å². The van der Waals surface area contributed by atoms with E-state index in [1.807, 2.05) is 0 Å². The first-order valence-electron chi connectivity index (χ1n) is 8.03. The highest BCUT2D eigenvalue weighted by molar-refractivity contribution is 8.15. The second-order valence-corrected chi connectivity index (χ2v) is 7.75. The number of hydrogen-bond donors (Lipinski definition) is 3. The molecule has 0 saturated carbocycles. The third kappa shape index (κ3) is 5.48. The number of hydrogen-bond acceptors (Lipinski definition) is 6. The summed E-state index contributed by atoms with van der Waals surface area (Å²) >= 11 is 13.0. The Morgan fingerprint density at radius 1 is 1.29 bits per heavy atom. The summed E-state index contributed by atoms with van der Waals surface area (Å²) in [6, 6.07) is 11.2. The average molecular weight is 437 g/mol. The summed E-state index contributed by atoms with van der Waals surface area (Å²) in [5.41, 5.74) is 1.08. The Hall–Kier alpha value is -2.55. The highest BCUT2D eigenvalue weighted by Gasteiger charge is 2.32. The molecule has 1 atom stereocenters. The van der Waals surface area contributed by atoms with E-state index in [1.54, 1.807) is 30.3 Å². The first-order valence-corrected chi connectivity index (χ1v) is 9.67. The van der Waals surface area contributed by atoms with E-state index in [2.05, 4.69) is 20.8 Å². The lowest BCUT2D eigenvalue weighted by Crippen LogP contribution is -2.28. The van der Waals surface area contributed by atoms with Crippen LogP contribution in [0.2, 0.25) is 10.0 Å². The van der Waals surface area contributed by atoms with Crippen molar-refractivity contribution in [1.29, 1.82) is 0 Å². The van der Waals surface area contributed by atoms with Gasteiger partial charge in [-0.1, -0.05) is 47.1 Å². The first kappa shape index (κ1) is 20.2. The average Bonchev–Trinajstić information content (AvgIpc) is 2.97. The summed E-state index contributed by atoms with van der Waals surface area (Å²) in [5, 5.41) is 22.9. The standard InChI is InChI=1S/C18H14Cl2N4O3S/c19-11-4-5-14(13(20)7-11)22-16(26)8-15-17(27)23-18(28-15)24-21-9-10-2-1-3-12(25)6-10/h1-7,9,15,25H,8H2,(H,22,26)(H,23,24,27). The van der Waals surface area contributed by atoms with Gasteiger partial charge in [0.05, 0.1) is 16.9 Å². The fourth-order valence-electron chi connectivity index (χ4n) is 2.30. The number of benzene rings is 2. The van der Waals surface area contributed by atoms with Crippen molar-refractivity contribution in [2.24, 2.45) is 10.2 Å². The number of aromatic hydroxyl groups is 1. The van der Waals surface area contributed by atoms with E-state index in [-0.39, 0.29) is 24.0 Å². The molecule has 0 bridgehead atoms. The van der Waals surface area contributed by atoms with E-state index in [0.29, 0.717) is 26.5 Å². The summed E-state index contributed by atoms with van der Waals surface area (Å²) in [4.78, 5) is 24.2. The summed E-state index contributed by atoms with van der Waals surface area (Å²) in [5.74, 6) is -0.568. The molecule has 1 fully saturated rings. The maximum absolute atomic E-state index is 12.2. The molecule has 0 aliphatic carbocycles. The predicted molar refractivity (Wildman–Crippen MR) is 112 cm³/mol. The minimum absolute atomic E-state index is 0.0508. The molecule has 0 spiro atoms. The Balaban J connectivity index is 1.57. The van der Waals surface area contributed by atoms with Crippen molar-refractivity contribution in [3.8, 4) is 5.75 Å². The summed E-state index contributed by atoms with van der Waals surface area (Å²) in [7, 11) is 0. The van der Waals surface area contributed by atoms with Crippen molar-refractivity contribution in [2.45, 2.75) is 11.7 Å². The maximum atomic E-state index is 12.2. The first-order chi connectivity index (χ1) is 13.4. The minimum atomic E-state index is -0.624. The van der Waals surface area contributed by atoms with Crippen LogP contribution in [0.25, 0.3) is 0 Å². The van der Waals surface area contributed by atoms with Crippen LogP contribution < -0.4 is 10.6 Å².